The fourth-order valence-corrected chi connectivity index (χ4v) is 3.42. The van der Waals surface area contributed by atoms with Crippen LogP contribution in [0.4, 0.5) is 26.3 Å². The minimum Gasteiger partial charge on any atom is -0.480 e. The van der Waals surface area contributed by atoms with E-state index < -0.39 is 52.2 Å². The molecule has 2 aromatic carbocycles. The van der Waals surface area contributed by atoms with Crippen molar-refractivity contribution in [3.05, 3.63) is 54.1 Å². The number of hydrogen-bond donors (Lipinski definition) is 2. The van der Waals surface area contributed by atoms with Crippen molar-refractivity contribution in [2.75, 3.05) is 6.26 Å². The van der Waals surface area contributed by atoms with Crippen LogP contribution in [0.2, 0.25) is 0 Å². The second kappa shape index (κ2) is 8.87. The Kier molecular flexibility index (Phi) is 7.06. The summed E-state index contributed by atoms with van der Waals surface area (Å²) in [6.45, 7) is 0. The van der Waals surface area contributed by atoms with Gasteiger partial charge in [-0.2, -0.15) is 26.3 Å². The van der Waals surface area contributed by atoms with E-state index in [2.05, 4.69) is 0 Å². The summed E-state index contributed by atoms with van der Waals surface area (Å²) in [5.74, 6) is -2.06. The lowest BCUT2D eigenvalue weighted by atomic mass is 9.99. The number of sulfone groups is 1. The van der Waals surface area contributed by atoms with E-state index in [0.717, 1.165) is 18.4 Å². The standard InChI is InChI=1S/C19H17F6NO4S/c1-31(29,30)14-8-6-12(7-9-14)11-2-4-13(5-3-11)16(19(23,24)25)26-15(17(27)28)10-18(20,21)22/h2-9,15-16,26H,10H2,1H3,(H,27,28)/t15-,16-/m0/s1. The van der Waals surface area contributed by atoms with Gasteiger partial charge in [0.15, 0.2) is 9.84 Å². The summed E-state index contributed by atoms with van der Waals surface area (Å²) in [4.78, 5) is 11.1. The first-order valence-electron chi connectivity index (χ1n) is 8.61. The summed E-state index contributed by atoms with van der Waals surface area (Å²) in [6, 6.07) is 4.99. The lowest BCUT2D eigenvalue weighted by Crippen LogP contribution is -2.46. The summed E-state index contributed by atoms with van der Waals surface area (Å²) >= 11 is 0. The SMILES string of the molecule is CS(=O)(=O)c1ccc(-c2ccc([C@H](N[C@@H](CC(F)(F)F)C(=O)O)C(F)(F)F)cc2)cc1. The normalized spacial score (nSPS) is 14.8. The topological polar surface area (TPSA) is 83.5 Å². The van der Waals surface area contributed by atoms with Crippen LogP contribution in [0.1, 0.15) is 18.0 Å². The molecule has 0 aliphatic heterocycles. The monoisotopic (exact) mass is 469 g/mol. The number of benzene rings is 2. The molecule has 0 unspecified atom stereocenters. The molecule has 0 saturated carbocycles. The first-order valence-corrected chi connectivity index (χ1v) is 10.5. The average molecular weight is 469 g/mol. The van der Waals surface area contributed by atoms with Gasteiger partial charge in [-0.1, -0.05) is 36.4 Å². The maximum atomic E-state index is 13.4. The lowest BCUT2D eigenvalue weighted by molar-refractivity contribution is -0.175. The van der Waals surface area contributed by atoms with Gasteiger partial charge in [-0.3, -0.25) is 10.1 Å². The third-order valence-corrected chi connectivity index (χ3v) is 5.42. The fourth-order valence-electron chi connectivity index (χ4n) is 2.79. The molecule has 0 aromatic heterocycles. The minimum absolute atomic E-state index is 0.0542. The summed E-state index contributed by atoms with van der Waals surface area (Å²) in [5, 5.41) is 10.4. The van der Waals surface area contributed by atoms with E-state index in [1.165, 1.54) is 41.7 Å². The largest absolute Gasteiger partial charge is 0.480 e. The third-order valence-electron chi connectivity index (χ3n) is 4.29. The highest BCUT2D eigenvalue weighted by molar-refractivity contribution is 7.90. The predicted octanol–water partition coefficient (Wildman–Crippen LogP) is 4.36. The van der Waals surface area contributed by atoms with E-state index in [4.69, 9.17) is 5.11 Å². The average Bonchev–Trinajstić information content (AvgIpc) is 2.62. The molecule has 0 spiro atoms. The van der Waals surface area contributed by atoms with Crippen LogP contribution >= 0.6 is 0 Å². The Morgan fingerprint density at radius 3 is 1.74 bits per heavy atom. The van der Waals surface area contributed by atoms with Gasteiger partial charge in [-0.15, -0.1) is 0 Å². The molecule has 0 radical (unpaired) electrons. The van der Waals surface area contributed by atoms with Gasteiger partial charge < -0.3 is 5.11 Å². The second-order valence-electron chi connectivity index (χ2n) is 6.77. The quantitative estimate of drug-likeness (QED) is 0.589. The zero-order valence-electron chi connectivity index (χ0n) is 15.8. The Balaban J connectivity index is 2.32. The molecule has 2 N–H and O–H groups in total. The highest BCUT2D eigenvalue weighted by Crippen LogP contribution is 2.35. The summed E-state index contributed by atoms with van der Waals surface area (Å²) in [6.07, 6.45) is -11.0. The van der Waals surface area contributed by atoms with E-state index in [9.17, 15) is 39.6 Å². The maximum absolute atomic E-state index is 13.4. The summed E-state index contributed by atoms with van der Waals surface area (Å²) < 4.78 is 101. The van der Waals surface area contributed by atoms with Crippen LogP contribution in [-0.4, -0.2) is 44.1 Å². The molecule has 0 aliphatic rings. The maximum Gasteiger partial charge on any atom is 0.407 e. The van der Waals surface area contributed by atoms with Crippen molar-refractivity contribution in [3.8, 4) is 11.1 Å². The van der Waals surface area contributed by atoms with Crippen LogP contribution in [-0.2, 0) is 14.6 Å². The fraction of sp³-hybridized carbons (Fsp3) is 0.316. The number of carboxylic acids is 1. The van der Waals surface area contributed by atoms with Crippen molar-refractivity contribution in [1.29, 1.82) is 0 Å². The van der Waals surface area contributed by atoms with Crippen LogP contribution in [0.15, 0.2) is 53.4 Å². The Morgan fingerprint density at radius 2 is 1.39 bits per heavy atom. The Hall–Kier alpha value is -2.60. The highest BCUT2D eigenvalue weighted by atomic mass is 32.2. The molecule has 0 bridgehead atoms. The lowest BCUT2D eigenvalue weighted by Gasteiger charge is -2.26. The van der Waals surface area contributed by atoms with E-state index in [-0.39, 0.29) is 4.90 Å². The molecule has 31 heavy (non-hydrogen) atoms. The summed E-state index contributed by atoms with van der Waals surface area (Å²) in [5.41, 5.74) is 0.447. The van der Waals surface area contributed by atoms with E-state index >= 15 is 0 Å². The van der Waals surface area contributed by atoms with Crippen LogP contribution in [0.5, 0.6) is 0 Å². The molecule has 170 valence electrons. The van der Waals surface area contributed by atoms with Gasteiger partial charge in [0.1, 0.15) is 12.1 Å². The van der Waals surface area contributed by atoms with E-state index in [0.29, 0.717) is 11.1 Å². The number of nitrogens with one attached hydrogen (secondary N) is 1. The molecule has 2 atom stereocenters. The van der Waals surface area contributed by atoms with Gasteiger partial charge in [-0.25, -0.2) is 8.42 Å². The third kappa shape index (κ3) is 6.96. The molecule has 2 rings (SSSR count). The van der Waals surface area contributed by atoms with Crippen molar-refractivity contribution in [2.45, 2.75) is 35.8 Å². The molecule has 0 aliphatic carbocycles. The molecule has 12 heteroatoms. The van der Waals surface area contributed by atoms with Gasteiger partial charge in [0, 0.05) is 6.26 Å². The highest BCUT2D eigenvalue weighted by Gasteiger charge is 2.45. The van der Waals surface area contributed by atoms with E-state index in [1.54, 1.807) is 0 Å². The molecule has 2 aromatic rings. The molecule has 0 saturated heterocycles. The van der Waals surface area contributed by atoms with E-state index in [1.807, 2.05) is 0 Å². The Labute approximate surface area is 173 Å². The van der Waals surface area contributed by atoms with Crippen LogP contribution in [0.25, 0.3) is 11.1 Å². The Bertz CT molecular complexity index is 1020. The molecule has 0 amide bonds. The van der Waals surface area contributed by atoms with Crippen LogP contribution in [0.3, 0.4) is 0 Å². The zero-order chi connectivity index (χ0) is 23.6. The molecule has 0 heterocycles. The zero-order valence-corrected chi connectivity index (χ0v) is 16.6. The first kappa shape index (κ1) is 24.7. The number of carbonyl (C=O) groups is 1. The van der Waals surface area contributed by atoms with Crippen molar-refractivity contribution in [2.24, 2.45) is 0 Å². The summed E-state index contributed by atoms with van der Waals surface area (Å²) in [7, 11) is -3.43. The minimum atomic E-state index is -5.06. The van der Waals surface area contributed by atoms with Gasteiger partial charge in [0.05, 0.1) is 11.3 Å². The number of halogens is 6. The number of carboxylic acid groups (broad SMARTS) is 1. The molecule has 0 fully saturated rings. The number of hydrogen-bond acceptors (Lipinski definition) is 4. The van der Waals surface area contributed by atoms with Crippen molar-refractivity contribution < 1.29 is 44.7 Å². The van der Waals surface area contributed by atoms with Crippen molar-refractivity contribution in [3.63, 3.8) is 0 Å². The second-order valence-corrected chi connectivity index (χ2v) is 8.79. The first-order chi connectivity index (χ1) is 14.1. The Morgan fingerprint density at radius 1 is 0.935 bits per heavy atom. The van der Waals surface area contributed by atoms with Crippen LogP contribution in [0, 0.1) is 0 Å². The van der Waals surface area contributed by atoms with Gasteiger partial charge in [0.25, 0.3) is 0 Å². The number of alkyl halides is 6. The predicted molar refractivity (Wildman–Crippen MR) is 99.0 cm³/mol. The van der Waals surface area contributed by atoms with Gasteiger partial charge in [-0.05, 0) is 28.8 Å². The smallest absolute Gasteiger partial charge is 0.407 e. The number of rotatable bonds is 7. The van der Waals surface area contributed by atoms with Gasteiger partial charge in [0.2, 0.25) is 0 Å². The van der Waals surface area contributed by atoms with Crippen molar-refractivity contribution in [1.82, 2.24) is 5.32 Å². The molecular formula is C19H17F6NO4S. The molecular weight excluding hydrogens is 452 g/mol. The van der Waals surface area contributed by atoms with Crippen LogP contribution < -0.4 is 5.32 Å². The van der Waals surface area contributed by atoms with Crippen molar-refractivity contribution >= 4 is 15.8 Å². The number of aliphatic carboxylic acids is 1. The molecule has 5 nitrogen and oxygen atoms in total. The van der Waals surface area contributed by atoms with Gasteiger partial charge >= 0.3 is 18.3 Å².